The van der Waals surface area contributed by atoms with E-state index in [0.29, 0.717) is 17.5 Å². The topological polar surface area (TPSA) is 101 Å². The summed E-state index contributed by atoms with van der Waals surface area (Å²) in [4.78, 5) is 43.4. The highest BCUT2D eigenvalue weighted by Gasteiger charge is 2.32. The van der Waals surface area contributed by atoms with Crippen LogP contribution in [0.2, 0.25) is 0 Å². The summed E-state index contributed by atoms with van der Waals surface area (Å²) in [5.41, 5.74) is -0.618. The van der Waals surface area contributed by atoms with E-state index >= 15 is 0 Å². The second kappa shape index (κ2) is 12.2. The molecule has 0 bridgehead atoms. The molecule has 1 fully saturated rings. The zero-order valence-electron chi connectivity index (χ0n) is 18.5. The van der Waals surface area contributed by atoms with Crippen LogP contribution in [-0.4, -0.2) is 58.4 Å². The number of aromatic nitrogens is 1. The number of anilines is 1. The first-order valence-electron chi connectivity index (χ1n) is 10.7. The Morgan fingerprint density at radius 1 is 1.29 bits per heavy atom. The zero-order valence-corrected chi connectivity index (χ0v) is 20.1. The van der Waals surface area contributed by atoms with Crippen LogP contribution < -0.4 is 10.6 Å². The molecule has 2 rings (SSSR count). The molecule has 1 unspecified atom stereocenters. The van der Waals surface area contributed by atoms with Gasteiger partial charge in [0.1, 0.15) is 17.5 Å². The Morgan fingerprint density at radius 3 is 2.58 bits per heavy atom. The fourth-order valence-corrected chi connectivity index (χ4v) is 4.40. The maximum absolute atomic E-state index is 13.1. The minimum absolute atomic E-state index is 0.156. The minimum atomic E-state index is -0.682. The highest BCUT2D eigenvalue weighted by atomic mass is 35.5. The molecule has 1 aromatic rings. The van der Waals surface area contributed by atoms with Gasteiger partial charge in [0.15, 0.2) is 5.13 Å². The Labute approximate surface area is 193 Å². The lowest BCUT2D eigenvalue weighted by Gasteiger charge is -2.34. The number of alkyl halides is 1. The van der Waals surface area contributed by atoms with Crippen molar-refractivity contribution >= 4 is 46.0 Å². The number of carbonyl (C=O) groups excluding carboxylic acids is 3. The molecule has 31 heavy (non-hydrogen) atoms. The molecule has 1 aliphatic carbocycles. The van der Waals surface area contributed by atoms with Crippen LogP contribution in [0.5, 0.6) is 0 Å². The number of hydrogen-bond acceptors (Lipinski definition) is 6. The van der Waals surface area contributed by atoms with Crippen LogP contribution in [-0.2, 0) is 14.3 Å². The van der Waals surface area contributed by atoms with Crippen LogP contribution in [0.25, 0.3) is 0 Å². The van der Waals surface area contributed by atoms with Crippen LogP contribution >= 0.6 is 22.9 Å². The normalized spacial score (nSPS) is 15.7. The van der Waals surface area contributed by atoms with Gasteiger partial charge in [0.25, 0.3) is 0 Å². The smallest absolute Gasteiger partial charge is 0.407 e. The summed E-state index contributed by atoms with van der Waals surface area (Å²) >= 11 is 7.19. The maximum Gasteiger partial charge on any atom is 0.407 e. The first-order chi connectivity index (χ1) is 14.7. The Bertz CT molecular complexity index is 717. The number of amides is 3. The molecule has 0 radical (unpaired) electrons. The molecule has 1 aliphatic rings. The average Bonchev–Trinajstić information content (AvgIpc) is 3.21. The van der Waals surface area contributed by atoms with Crippen LogP contribution in [0.15, 0.2) is 11.6 Å². The third kappa shape index (κ3) is 9.03. The molecule has 0 aliphatic heterocycles. The lowest BCUT2D eigenvalue weighted by molar-refractivity contribution is -0.137. The summed E-state index contributed by atoms with van der Waals surface area (Å²) in [5.74, 6) is -0.498. The van der Waals surface area contributed by atoms with Crippen molar-refractivity contribution in [2.45, 2.75) is 70.9 Å². The largest absolute Gasteiger partial charge is 0.444 e. The number of ether oxygens (including phenoxy) is 1. The van der Waals surface area contributed by atoms with Gasteiger partial charge in [-0.1, -0.05) is 32.1 Å². The van der Waals surface area contributed by atoms with Crippen LogP contribution in [0.3, 0.4) is 0 Å². The van der Waals surface area contributed by atoms with Gasteiger partial charge in [0.05, 0.1) is 0 Å². The Morgan fingerprint density at radius 2 is 2.00 bits per heavy atom. The summed E-state index contributed by atoms with van der Waals surface area (Å²) in [6, 6.07) is -0.682. The van der Waals surface area contributed by atoms with Crippen molar-refractivity contribution in [1.82, 2.24) is 15.2 Å². The molecule has 1 aromatic heterocycles. The van der Waals surface area contributed by atoms with Crippen LogP contribution in [0, 0.1) is 5.92 Å². The zero-order chi connectivity index (χ0) is 22.9. The van der Waals surface area contributed by atoms with E-state index in [-0.39, 0.29) is 30.8 Å². The number of nitrogens with zero attached hydrogens (tertiary/aromatic N) is 2. The molecule has 1 saturated carbocycles. The third-order valence-corrected chi connectivity index (χ3v) is 6.00. The maximum atomic E-state index is 13.1. The van der Waals surface area contributed by atoms with Gasteiger partial charge in [-0.15, -0.1) is 22.9 Å². The second-order valence-corrected chi connectivity index (χ2v) is 9.89. The lowest BCUT2D eigenvalue weighted by atomic mass is 9.84. The molecule has 0 spiro atoms. The van der Waals surface area contributed by atoms with Gasteiger partial charge in [0.2, 0.25) is 11.8 Å². The predicted molar refractivity (Wildman–Crippen MR) is 122 cm³/mol. The number of halogens is 1. The van der Waals surface area contributed by atoms with Crippen molar-refractivity contribution in [1.29, 1.82) is 0 Å². The minimum Gasteiger partial charge on any atom is -0.444 e. The van der Waals surface area contributed by atoms with E-state index in [0.717, 1.165) is 25.7 Å². The molecular weight excluding hydrogens is 440 g/mol. The highest BCUT2D eigenvalue weighted by molar-refractivity contribution is 7.13. The highest BCUT2D eigenvalue weighted by Crippen LogP contribution is 2.29. The monoisotopic (exact) mass is 472 g/mol. The van der Waals surface area contributed by atoms with Crippen molar-refractivity contribution in [3.63, 3.8) is 0 Å². The van der Waals surface area contributed by atoms with Gasteiger partial charge in [-0.05, 0) is 33.1 Å². The lowest BCUT2D eigenvalue weighted by Crippen LogP contribution is -2.51. The van der Waals surface area contributed by atoms with E-state index in [1.807, 2.05) is 0 Å². The van der Waals surface area contributed by atoms with Gasteiger partial charge in [-0.2, -0.15) is 0 Å². The number of rotatable bonds is 9. The second-order valence-electron chi connectivity index (χ2n) is 8.73. The summed E-state index contributed by atoms with van der Waals surface area (Å²) in [6.07, 6.45) is 7.16. The average molecular weight is 473 g/mol. The van der Waals surface area contributed by atoms with Gasteiger partial charge < -0.3 is 20.3 Å². The molecular formula is C21H33ClN4O4S. The van der Waals surface area contributed by atoms with Gasteiger partial charge in [0, 0.05) is 24.7 Å². The van der Waals surface area contributed by atoms with Crippen LogP contribution in [0.4, 0.5) is 9.93 Å². The van der Waals surface area contributed by atoms with Crippen molar-refractivity contribution in [3.8, 4) is 0 Å². The molecule has 0 aromatic carbocycles. The Hall–Kier alpha value is -1.87. The number of alkyl carbamates (subject to hydrolysis) is 1. The standard InChI is InChI=1S/C21H33ClN4O4S/c1-21(2,3)30-20(29)24-9-11-26(17(27)14-22)16(13-15-7-5-4-6-8-15)18(28)25-19-23-10-12-31-19/h10,12,15-16H,4-9,11,13-14H2,1-3H3,(H,24,29)(H,23,25,28). The Balaban J connectivity index is 2.10. The van der Waals surface area contributed by atoms with Crippen molar-refractivity contribution < 1.29 is 19.1 Å². The summed E-state index contributed by atoms with van der Waals surface area (Å²) in [6.45, 7) is 5.65. The summed E-state index contributed by atoms with van der Waals surface area (Å²) < 4.78 is 5.24. The molecule has 8 nitrogen and oxygen atoms in total. The first-order valence-corrected chi connectivity index (χ1v) is 12.1. The fraction of sp³-hybridized carbons (Fsp3) is 0.714. The van der Waals surface area contributed by atoms with E-state index in [9.17, 15) is 14.4 Å². The van der Waals surface area contributed by atoms with Crippen molar-refractivity contribution in [2.24, 2.45) is 5.92 Å². The molecule has 2 N–H and O–H groups in total. The van der Waals surface area contributed by atoms with E-state index in [1.54, 1.807) is 32.3 Å². The molecule has 3 amide bonds. The SMILES string of the molecule is CC(C)(C)OC(=O)NCCN(C(=O)CCl)C(CC1CCCCC1)C(=O)Nc1nccs1. The van der Waals surface area contributed by atoms with Crippen molar-refractivity contribution in [3.05, 3.63) is 11.6 Å². The third-order valence-electron chi connectivity index (χ3n) is 5.08. The van der Waals surface area contributed by atoms with Gasteiger partial charge in [-0.25, -0.2) is 9.78 Å². The Kier molecular flexibility index (Phi) is 10.0. The number of nitrogens with one attached hydrogen (secondary N) is 2. The molecule has 1 atom stereocenters. The first kappa shape index (κ1) is 25.4. The molecule has 10 heteroatoms. The van der Waals surface area contributed by atoms with Crippen molar-refractivity contribution in [2.75, 3.05) is 24.3 Å². The molecule has 1 heterocycles. The summed E-state index contributed by atoms with van der Waals surface area (Å²) in [5, 5.41) is 7.74. The molecule has 0 saturated heterocycles. The number of hydrogen-bond donors (Lipinski definition) is 2. The molecule has 174 valence electrons. The van der Waals surface area contributed by atoms with E-state index < -0.39 is 17.7 Å². The van der Waals surface area contributed by atoms with E-state index in [2.05, 4.69) is 15.6 Å². The number of thiazole rings is 1. The fourth-order valence-electron chi connectivity index (χ4n) is 3.71. The quantitative estimate of drug-likeness (QED) is 0.529. The number of carbonyl (C=O) groups is 3. The van der Waals surface area contributed by atoms with Crippen LogP contribution in [0.1, 0.15) is 59.3 Å². The van der Waals surface area contributed by atoms with E-state index in [1.165, 1.54) is 22.7 Å². The van der Waals surface area contributed by atoms with Gasteiger partial charge >= 0.3 is 6.09 Å². The summed E-state index contributed by atoms with van der Waals surface area (Å²) in [7, 11) is 0. The van der Waals surface area contributed by atoms with Gasteiger partial charge in [-0.3, -0.25) is 9.59 Å². The predicted octanol–water partition coefficient (Wildman–Crippen LogP) is 4.01. The van der Waals surface area contributed by atoms with E-state index in [4.69, 9.17) is 16.3 Å².